The first-order valence-electron chi connectivity index (χ1n) is 9.52. The molecule has 0 radical (unpaired) electrons. The summed E-state index contributed by atoms with van der Waals surface area (Å²) in [6.45, 7) is 19.2. The monoisotopic (exact) mass is 373 g/mol. The smallest absolute Gasteiger partial charge is 0.426 e. The predicted molar refractivity (Wildman–Crippen MR) is 114 cm³/mol. The van der Waals surface area contributed by atoms with Crippen LogP contribution in [0.5, 0.6) is 0 Å². The van der Waals surface area contributed by atoms with Crippen LogP contribution in [0.4, 0.5) is 10.5 Å². The van der Waals surface area contributed by atoms with E-state index in [1.165, 1.54) is 4.90 Å². The summed E-state index contributed by atoms with van der Waals surface area (Å²) in [5.74, 6) is 0. The van der Waals surface area contributed by atoms with E-state index in [2.05, 4.69) is 53.1 Å². The molecule has 3 nitrogen and oxygen atoms in total. The van der Waals surface area contributed by atoms with Crippen LogP contribution in [0, 0.1) is 11.6 Å². The van der Waals surface area contributed by atoms with Gasteiger partial charge in [-0.25, -0.2) is 9.69 Å². The molecule has 0 aromatic heterocycles. The van der Waals surface area contributed by atoms with Gasteiger partial charge in [0.25, 0.3) is 0 Å². The fourth-order valence-corrected chi connectivity index (χ4v) is 8.86. The molecule has 144 valence electrons. The van der Waals surface area contributed by atoms with Crippen molar-refractivity contribution in [3.05, 3.63) is 30.3 Å². The Morgan fingerprint density at radius 3 is 1.81 bits per heavy atom. The van der Waals surface area contributed by atoms with Crippen LogP contribution in [0.2, 0.25) is 16.6 Å². The van der Waals surface area contributed by atoms with E-state index in [0.717, 1.165) is 5.69 Å². The van der Waals surface area contributed by atoms with Gasteiger partial charge >= 0.3 is 6.09 Å². The summed E-state index contributed by atoms with van der Waals surface area (Å²) in [5, 5.41) is 0. The van der Waals surface area contributed by atoms with Crippen molar-refractivity contribution >= 4 is 19.9 Å². The molecule has 0 heterocycles. The number of amides is 1. The summed E-state index contributed by atoms with van der Waals surface area (Å²) in [7, 11) is -1.94. The molecule has 1 aromatic carbocycles. The Balaban J connectivity index is 3.42. The molecule has 26 heavy (non-hydrogen) atoms. The molecule has 0 fully saturated rings. The van der Waals surface area contributed by atoms with Gasteiger partial charge in [-0.2, -0.15) is 0 Å². The Hall–Kier alpha value is -1.73. The molecule has 0 bridgehead atoms. The lowest BCUT2D eigenvalue weighted by Crippen LogP contribution is -2.44. The average Bonchev–Trinajstić information content (AvgIpc) is 2.49. The number of hydrogen-bond acceptors (Lipinski definition) is 2. The van der Waals surface area contributed by atoms with Gasteiger partial charge in [-0.3, -0.25) is 0 Å². The zero-order valence-corrected chi connectivity index (χ0v) is 18.9. The van der Waals surface area contributed by atoms with Gasteiger partial charge in [0.1, 0.15) is 13.7 Å². The molecule has 0 saturated carbocycles. The fourth-order valence-electron chi connectivity index (χ4n) is 3.69. The standard InChI is InChI=1S/C22H35NO2Si/c1-17(2)26(18(3)4,19(5)6)16-15-23(20-13-11-10-12-14-20)21(24)25-22(7,8)9/h10-14,17-19H,1-9H3. The molecular formula is C22H35NO2Si. The average molecular weight is 374 g/mol. The summed E-state index contributed by atoms with van der Waals surface area (Å²) in [4.78, 5) is 14.3. The van der Waals surface area contributed by atoms with Gasteiger partial charge in [-0.15, -0.1) is 5.54 Å². The summed E-state index contributed by atoms with van der Waals surface area (Å²) in [6, 6.07) is 12.7. The second-order valence-electron chi connectivity index (χ2n) is 8.79. The molecule has 0 spiro atoms. The van der Waals surface area contributed by atoms with E-state index in [4.69, 9.17) is 4.74 Å². The molecule has 1 rings (SSSR count). The van der Waals surface area contributed by atoms with Crippen molar-refractivity contribution in [1.29, 1.82) is 0 Å². The van der Waals surface area contributed by atoms with Gasteiger partial charge in [0.05, 0.1) is 5.69 Å². The van der Waals surface area contributed by atoms with E-state index >= 15 is 0 Å². The second-order valence-corrected chi connectivity index (χ2v) is 14.4. The molecule has 1 amide bonds. The molecule has 4 heteroatoms. The lowest BCUT2D eigenvalue weighted by molar-refractivity contribution is 0.0600. The second kappa shape index (κ2) is 8.77. The van der Waals surface area contributed by atoms with Gasteiger partial charge in [0.2, 0.25) is 0 Å². The zero-order valence-electron chi connectivity index (χ0n) is 17.9. The van der Waals surface area contributed by atoms with Crippen molar-refractivity contribution < 1.29 is 9.53 Å². The normalized spacial score (nSPS) is 12.2. The first-order valence-corrected chi connectivity index (χ1v) is 11.8. The maximum Gasteiger partial charge on any atom is 0.426 e. The molecule has 1 aromatic rings. The van der Waals surface area contributed by atoms with Crippen LogP contribution in [0.3, 0.4) is 0 Å². The molecule has 0 saturated heterocycles. The van der Waals surface area contributed by atoms with Crippen LogP contribution in [0.1, 0.15) is 62.3 Å². The Morgan fingerprint density at radius 2 is 1.42 bits per heavy atom. The largest absolute Gasteiger partial charge is 0.443 e. The van der Waals surface area contributed by atoms with Crippen molar-refractivity contribution in [3.63, 3.8) is 0 Å². The molecular weight excluding hydrogens is 338 g/mol. The van der Waals surface area contributed by atoms with Crippen molar-refractivity contribution in [1.82, 2.24) is 0 Å². The van der Waals surface area contributed by atoms with E-state index in [1.807, 2.05) is 51.1 Å². The third-order valence-corrected chi connectivity index (χ3v) is 11.1. The van der Waals surface area contributed by atoms with Crippen LogP contribution >= 0.6 is 0 Å². The summed E-state index contributed by atoms with van der Waals surface area (Å²) < 4.78 is 5.60. The molecule has 0 aliphatic heterocycles. The summed E-state index contributed by atoms with van der Waals surface area (Å²) in [6.07, 6.45) is -0.421. The summed E-state index contributed by atoms with van der Waals surface area (Å²) >= 11 is 0. The van der Waals surface area contributed by atoms with Gasteiger partial charge < -0.3 is 4.74 Å². The number of ether oxygens (including phenoxy) is 1. The number of benzene rings is 1. The number of carbonyl (C=O) groups excluding carboxylic acids is 1. The van der Waals surface area contributed by atoms with E-state index in [9.17, 15) is 4.79 Å². The van der Waals surface area contributed by atoms with Gasteiger partial charge in [-0.1, -0.05) is 59.7 Å². The fraction of sp³-hybridized carbons (Fsp3) is 0.591. The van der Waals surface area contributed by atoms with Gasteiger partial charge in [0, 0.05) is 6.04 Å². The number of nitrogens with zero attached hydrogens (tertiary/aromatic N) is 1. The highest BCUT2D eigenvalue weighted by molar-refractivity contribution is 6.90. The number of anilines is 1. The SMILES string of the molecule is CC(C)[Si](C#CN(C(=O)OC(C)(C)C)c1ccccc1)(C(C)C)C(C)C. The number of para-hydroxylation sites is 1. The third-order valence-electron chi connectivity index (χ3n) is 4.84. The minimum atomic E-state index is -1.94. The number of rotatable bonds is 4. The zero-order chi connectivity index (χ0) is 20.1. The number of hydrogen-bond donors (Lipinski definition) is 0. The van der Waals surface area contributed by atoms with Crippen molar-refractivity contribution in [2.24, 2.45) is 0 Å². The molecule has 0 atom stereocenters. The minimum Gasteiger partial charge on any atom is -0.443 e. The first-order chi connectivity index (χ1) is 11.9. The predicted octanol–water partition coefficient (Wildman–Crippen LogP) is 6.61. The van der Waals surface area contributed by atoms with Gasteiger partial charge in [-0.05, 0) is 49.5 Å². The molecule has 0 aliphatic carbocycles. The highest BCUT2D eigenvalue weighted by Crippen LogP contribution is 2.40. The Labute approximate surface area is 161 Å². The summed E-state index contributed by atoms with van der Waals surface area (Å²) in [5.41, 5.74) is 5.31. The molecule has 0 unspecified atom stereocenters. The van der Waals surface area contributed by atoms with Gasteiger partial charge in [0.15, 0.2) is 0 Å². The first kappa shape index (κ1) is 22.3. The van der Waals surface area contributed by atoms with Crippen molar-refractivity contribution in [2.45, 2.75) is 84.5 Å². The Kier molecular flexibility index (Phi) is 7.53. The lowest BCUT2D eigenvalue weighted by Gasteiger charge is -2.38. The van der Waals surface area contributed by atoms with Crippen molar-refractivity contribution in [3.8, 4) is 11.6 Å². The quantitative estimate of drug-likeness (QED) is 0.338. The highest BCUT2D eigenvalue weighted by atomic mass is 28.3. The Morgan fingerprint density at radius 1 is 0.962 bits per heavy atom. The van der Waals surface area contributed by atoms with Crippen LogP contribution < -0.4 is 4.90 Å². The van der Waals surface area contributed by atoms with E-state index in [-0.39, 0.29) is 0 Å². The number of carbonyl (C=O) groups is 1. The molecule has 0 aliphatic rings. The lowest BCUT2D eigenvalue weighted by atomic mass is 10.2. The third kappa shape index (κ3) is 5.38. The maximum absolute atomic E-state index is 12.8. The minimum absolute atomic E-state index is 0.421. The van der Waals surface area contributed by atoms with Crippen LogP contribution in [-0.2, 0) is 4.74 Å². The molecule has 0 N–H and O–H groups in total. The van der Waals surface area contributed by atoms with Crippen LogP contribution in [-0.4, -0.2) is 19.8 Å². The van der Waals surface area contributed by atoms with Crippen LogP contribution in [0.25, 0.3) is 0 Å². The van der Waals surface area contributed by atoms with E-state index in [1.54, 1.807) is 0 Å². The highest BCUT2D eigenvalue weighted by Gasteiger charge is 2.42. The van der Waals surface area contributed by atoms with E-state index in [0.29, 0.717) is 16.6 Å². The van der Waals surface area contributed by atoms with Crippen molar-refractivity contribution in [2.75, 3.05) is 4.90 Å². The Bertz CT molecular complexity index is 626. The maximum atomic E-state index is 12.8. The topological polar surface area (TPSA) is 29.5 Å². The van der Waals surface area contributed by atoms with E-state index < -0.39 is 19.8 Å². The van der Waals surface area contributed by atoms with Crippen LogP contribution in [0.15, 0.2) is 30.3 Å².